The van der Waals surface area contributed by atoms with Crippen LogP contribution in [-0.4, -0.2) is 54.0 Å². The number of rotatable bonds is 5. The van der Waals surface area contributed by atoms with Crippen LogP contribution in [0.15, 0.2) is 6.07 Å². The third kappa shape index (κ3) is 3.80. The molecule has 0 saturated carbocycles. The van der Waals surface area contributed by atoms with Gasteiger partial charge in [-0.25, -0.2) is 9.78 Å². The van der Waals surface area contributed by atoms with Gasteiger partial charge in [-0.1, -0.05) is 0 Å². The highest BCUT2D eigenvalue weighted by Crippen LogP contribution is 2.22. The van der Waals surface area contributed by atoms with Crippen molar-refractivity contribution >= 4 is 11.8 Å². The van der Waals surface area contributed by atoms with Crippen LogP contribution in [0.4, 0.5) is 5.82 Å². The van der Waals surface area contributed by atoms with Gasteiger partial charge in [0.15, 0.2) is 0 Å². The van der Waals surface area contributed by atoms with Crippen molar-refractivity contribution in [3.8, 4) is 5.88 Å². The molecular weight excluding hydrogens is 262 g/mol. The van der Waals surface area contributed by atoms with Crippen LogP contribution in [0.5, 0.6) is 5.88 Å². The lowest BCUT2D eigenvalue weighted by Crippen LogP contribution is -2.38. The standard InChI is InChI=1S/C13H19N3O4/c1-9-14-11(7-12(15-9)19-2)16-5-3-10(4-6-16)20-8-13(17)18/h7,10H,3-6,8H2,1-2H3,(H,17,18). The lowest BCUT2D eigenvalue weighted by molar-refractivity contribution is -0.144. The number of carboxylic acid groups (broad SMARTS) is 1. The molecule has 0 radical (unpaired) electrons. The maximum atomic E-state index is 10.5. The van der Waals surface area contributed by atoms with Gasteiger partial charge >= 0.3 is 5.97 Å². The fourth-order valence-electron chi connectivity index (χ4n) is 2.23. The number of aliphatic carboxylic acids is 1. The van der Waals surface area contributed by atoms with Gasteiger partial charge in [0, 0.05) is 19.2 Å². The Morgan fingerprint density at radius 3 is 2.75 bits per heavy atom. The van der Waals surface area contributed by atoms with Gasteiger partial charge in [0.25, 0.3) is 0 Å². The smallest absolute Gasteiger partial charge is 0.329 e. The average Bonchev–Trinajstić information content (AvgIpc) is 2.45. The quantitative estimate of drug-likeness (QED) is 0.856. The molecule has 1 saturated heterocycles. The van der Waals surface area contributed by atoms with E-state index < -0.39 is 5.97 Å². The van der Waals surface area contributed by atoms with Crippen LogP contribution in [0.3, 0.4) is 0 Å². The number of aromatic nitrogens is 2. The van der Waals surface area contributed by atoms with E-state index in [-0.39, 0.29) is 12.7 Å². The largest absolute Gasteiger partial charge is 0.481 e. The molecule has 1 aliphatic heterocycles. The fourth-order valence-corrected chi connectivity index (χ4v) is 2.23. The number of methoxy groups -OCH3 is 1. The van der Waals surface area contributed by atoms with Gasteiger partial charge in [0.05, 0.1) is 13.2 Å². The molecule has 0 spiro atoms. The summed E-state index contributed by atoms with van der Waals surface area (Å²) in [6, 6.07) is 1.81. The van der Waals surface area contributed by atoms with Crippen LogP contribution < -0.4 is 9.64 Å². The zero-order valence-corrected chi connectivity index (χ0v) is 11.7. The van der Waals surface area contributed by atoms with E-state index in [0.29, 0.717) is 11.7 Å². The van der Waals surface area contributed by atoms with Crippen molar-refractivity contribution in [1.82, 2.24) is 9.97 Å². The summed E-state index contributed by atoms with van der Waals surface area (Å²) < 4.78 is 10.5. The Kier molecular flexibility index (Phi) is 4.73. The molecule has 1 aromatic heterocycles. The summed E-state index contributed by atoms with van der Waals surface area (Å²) in [6.07, 6.45) is 1.59. The van der Waals surface area contributed by atoms with Crippen LogP contribution >= 0.6 is 0 Å². The number of carboxylic acids is 1. The molecule has 0 aliphatic carbocycles. The van der Waals surface area contributed by atoms with E-state index in [1.807, 2.05) is 13.0 Å². The number of ether oxygens (including phenoxy) is 2. The third-order valence-corrected chi connectivity index (χ3v) is 3.22. The molecule has 7 nitrogen and oxygen atoms in total. The third-order valence-electron chi connectivity index (χ3n) is 3.22. The second-order valence-electron chi connectivity index (χ2n) is 4.71. The first-order chi connectivity index (χ1) is 9.58. The average molecular weight is 281 g/mol. The molecule has 1 fully saturated rings. The summed E-state index contributed by atoms with van der Waals surface area (Å²) >= 11 is 0. The van der Waals surface area contributed by atoms with Crippen molar-refractivity contribution in [3.05, 3.63) is 11.9 Å². The van der Waals surface area contributed by atoms with Crippen LogP contribution in [0.2, 0.25) is 0 Å². The van der Waals surface area contributed by atoms with Gasteiger partial charge in [0.1, 0.15) is 18.2 Å². The Morgan fingerprint density at radius 1 is 1.45 bits per heavy atom. The van der Waals surface area contributed by atoms with E-state index in [9.17, 15) is 4.79 Å². The maximum Gasteiger partial charge on any atom is 0.329 e. The monoisotopic (exact) mass is 281 g/mol. The lowest BCUT2D eigenvalue weighted by atomic mass is 10.1. The molecule has 110 valence electrons. The molecule has 0 aromatic carbocycles. The Bertz CT molecular complexity index is 473. The van der Waals surface area contributed by atoms with Gasteiger partial charge in [-0.3, -0.25) is 0 Å². The first-order valence-corrected chi connectivity index (χ1v) is 6.56. The van der Waals surface area contributed by atoms with Crippen LogP contribution in [0, 0.1) is 6.92 Å². The number of aryl methyl sites for hydroxylation is 1. The number of hydrogen-bond acceptors (Lipinski definition) is 6. The summed E-state index contributed by atoms with van der Waals surface area (Å²) in [5.74, 6) is 1.13. The number of piperidine rings is 1. The van der Waals surface area contributed by atoms with Gasteiger partial charge < -0.3 is 19.5 Å². The molecule has 0 atom stereocenters. The van der Waals surface area contributed by atoms with Crippen molar-refractivity contribution in [2.45, 2.75) is 25.9 Å². The van der Waals surface area contributed by atoms with Gasteiger partial charge in [0.2, 0.25) is 5.88 Å². The van der Waals surface area contributed by atoms with Crippen molar-refractivity contribution in [3.63, 3.8) is 0 Å². The summed E-state index contributed by atoms with van der Waals surface area (Å²) in [4.78, 5) is 21.2. The van der Waals surface area contributed by atoms with Gasteiger partial charge in [-0.2, -0.15) is 4.98 Å². The minimum absolute atomic E-state index is 0.00665. The van der Waals surface area contributed by atoms with Gasteiger partial charge in [-0.15, -0.1) is 0 Å². The first kappa shape index (κ1) is 14.5. The van der Waals surface area contributed by atoms with Crippen LogP contribution in [0.1, 0.15) is 18.7 Å². The molecule has 2 heterocycles. The zero-order valence-electron chi connectivity index (χ0n) is 11.7. The van der Waals surface area contributed by atoms with E-state index in [1.54, 1.807) is 7.11 Å². The summed E-state index contributed by atoms with van der Waals surface area (Å²) in [7, 11) is 1.58. The molecule has 1 N–H and O–H groups in total. The Labute approximate surface area is 117 Å². The normalized spacial score (nSPS) is 16.2. The van der Waals surface area contributed by atoms with E-state index >= 15 is 0 Å². The van der Waals surface area contributed by atoms with E-state index in [2.05, 4.69) is 14.9 Å². The topological polar surface area (TPSA) is 84.8 Å². The molecule has 0 amide bonds. The predicted octanol–water partition coefficient (Wildman–Crippen LogP) is 0.864. The Hall–Kier alpha value is -1.89. The summed E-state index contributed by atoms with van der Waals surface area (Å²) in [5.41, 5.74) is 0. The molecule has 2 rings (SSSR count). The van der Waals surface area contributed by atoms with E-state index in [1.165, 1.54) is 0 Å². The molecule has 1 aromatic rings. The highest BCUT2D eigenvalue weighted by Gasteiger charge is 2.22. The number of anilines is 1. The molecular formula is C13H19N3O4. The van der Waals surface area contributed by atoms with Crippen LogP contribution in [-0.2, 0) is 9.53 Å². The second-order valence-corrected chi connectivity index (χ2v) is 4.71. The highest BCUT2D eigenvalue weighted by molar-refractivity contribution is 5.68. The molecule has 0 bridgehead atoms. The number of carbonyl (C=O) groups is 1. The maximum absolute atomic E-state index is 10.5. The first-order valence-electron chi connectivity index (χ1n) is 6.56. The molecule has 7 heteroatoms. The molecule has 20 heavy (non-hydrogen) atoms. The van der Waals surface area contributed by atoms with Crippen LogP contribution in [0.25, 0.3) is 0 Å². The van der Waals surface area contributed by atoms with Crippen molar-refractivity contribution in [2.24, 2.45) is 0 Å². The highest BCUT2D eigenvalue weighted by atomic mass is 16.5. The SMILES string of the molecule is COc1cc(N2CCC(OCC(=O)O)CC2)nc(C)n1. The fraction of sp³-hybridized carbons (Fsp3) is 0.615. The number of hydrogen-bond donors (Lipinski definition) is 1. The Balaban J connectivity index is 1.93. The molecule has 0 unspecified atom stereocenters. The minimum Gasteiger partial charge on any atom is -0.481 e. The van der Waals surface area contributed by atoms with E-state index in [0.717, 1.165) is 31.7 Å². The van der Waals surface area contributed by atoms with Crippen molar-refractivity contribution in [2.75, 3.05) is 31.7 Å². The van der Waals surface area contributed by atoms with Gasteiger partial charge in [-0.05, 0) is 19.8 Å². The van der Waals surface area contributed by atoms with E-state index in [4.69, 9.17) is 14.6 Å². The summed E-state index contributed by atoms with van der Waals surface area (Å²) in [6.45, 7) is 3.16. The number of nitrogens with zero attached hydrogens (tertiary/aromatic N) is 3. The lowest BCUT2D eigenvalue weighted by Gasteiger charge is -2.32. The Morgan fingerprint density at radius 2 is 2.15 bits per heavy atom. The summed E-state index contributed by atoms with van der Waals surface area (Å²) in [5, 5.41) is 8.60. The van der Waals surface area contributed by atoms with Crippen molar-refractivity contribution < 1.29 is 19.4 Å². The molecule has 1 aliphatic rings. The minimum atomic E-state index is -0.927. The van der Waals surface area contributed by atoms with Crippen molar-refractivity contribution in [1.29, 1.82) is 0 Å². The second kappa shape index (κ2) is 6.51. The zero-order chi connectivity index (χ0) is 14.5. The predicted molar refractivity (Wildman–Crippen MR) is 72.1 cm³/mol.